The Labute approximate surface area is 116 Å². The second-order valence-corrected chi connectivity index (χ2v) is 6.99. The lowest BCUT2D eigenvalue weighted by Gasteiger charge is -2.24. The first-order valence-corrected chi connectivity index (χ1v) is 8.16. The van der Waals surface area contributed by atoms with Crippen LogP contribution in [-0.4, -0.2) is 9.97 Å². The van der Waals surface area contributed by atoms with Crippen LogP contribution in [0.3, 0.4) is 0 Å². The van der Waals surface area contributed by atoms with E-state index in [0.29, 0.717) is 0 Å². The number of nitrogens with zero attached hydrogens (tertiary/aromatic N) is 1. The minimum Gasteiger partial charge on any atom is -0.310 e. The van der Waals surface area contributed by atoms with Crippen LogP contribution < -0.4 is 5.56 Å². The van der Waals surface area contributed by atoms with Crippen LogP contribution in [-0.2, 0) is 19.3 Å². The van der Waals surface area contributed by atoms with Crippen LogP contribution in [0.4, 0.5) is 0 Å². The van der Waals surface area contributed by atoms with Gasteiger partial charge in [0.25, 0.3) is 5.56 Å². The Morgan fingerprint density at radius 2 is 2.05 bits per heavy atom. The molecule has 0 spiro atoms. The maximum absolute atomic E-state index is 12.3. The van der Waals surface area contributed by atoms with Gasteiger partial charge in [-0.2, -0.15) is 0 Å². The van der Waals surface area contributed by atoms with Crippen molar-refractivity contribution < 1.29 is 0 Å². The summed E-state index contributed by atoms with van der Waals surface area (Å²) < 4.78 is 0. The van der Waals surface area contributed by atoms with Crippen molar-refractivity contribution in [3.05, 3.63) is 26.6 Å². The molecule has 1 N–H and O–H groups in total. The number of thiophene rings is 1. The number of fused-ring (bicyclic) bond motifs is 3. The highest BCUT2D eigenvalue weighted by Crippen LogP contribution is 2.34. The van der Waals surface area contributed by atoms with Gasteiger partial charge in [-0.3, -0.25) is 4.79 Å². The molecule has 0 radical (unpaired) electrons. The van der Waals surface area contributed by atoms with Gasteiger partial charge in [-0.05, 0) is 37.2 Å². The average Bonchev–Trinajstić information content (AvgIpc) is 2.72. The van der Waals surface area contributed by atoms with Crippen LogP contribution in [0.2, 0.25) is 0 Å². The number of hydrogen-bond donors (Lipinski definition) is 1. The van der Waals surface area contributed by atoms with Gasteiger partial charge < -0.3 is 4.98 Å². The molecule has 4 rings (SSSR count). The molecule has 0 aromatic carbocycles. The van der Waals surface area contributed by atoms with Crippen molar-refractivity contribution in [1.82, 2.24) is 9.97 Å². The molecule has 0 saturated heterocycles. The van der Waals surface area contributed by atoms with Gasteiger partial charge in [-0.25, -0.2) is 4.98 Å². The smallest absolute Gasteiger partial charge is 0.259 e. The maximum Gasteiger partial charge on any atom is 0.259 e. The molecule has 2 aromatic heterocycles. The summed E-state index contributed by atoms with van der Waals surface area (Å²) in [6.07, 6.45) is 9.54. The fraction of sp³-hybridized carbons (Fsp3) is 0.600. The van der Waals surface area contributed by atoms with Crippen molar-refractivity contribution in [3.8, 4) is 0 Å². The van der Waals surface area contributed by atoms with E-state index in [4.69, 9.17) is 4.98 Å². The Kier molecular flexibility index (Phi) is 2.72. The van der Waals surface area contributed by atoms with Gasteiger partial charge in [0.2, 0.25) is 0 Å². The van der Waals surface area contributed by atoms with E-state index in [0.717, 1.165) is 41.2 Å². The van der Waals surface area contributed by atoms with Gasteiger partial charge >= 0.3 is 0 Å². The Morgan fingerprint density at radius 3 is 2.84 bits per heavy atom. The van der Waals surface area contributed by atoms with E-state index in [1.54, 1.807) is 11.3 Å². The summed E-state index contributed by atoms with van der Waals surface area (Å²) in [5, 5.41) is 0.886. The summed E-state index contributed by atoms with van der Waals surface area (Å²) in [7, 11) is 0. The number of aromatic amines is 1. The van der Waals surface area contributed by atoms with Crippen molar-refractivity contribution in [1.29, 1.82) is 0 Å². The summed E-state index contributed by atoms with van der Waals surface area (Å²) in [5.74, 6) is 1.65. The van der Waals surface area contributed by atoms with E-state index < -0.39 is 0 Å². The zero-order chi connectivity index (χ0) is 12.8. The average molecular weight is 274 g/mol. The zero-order valence-corrected chi connectivity index (χ0v) is 11.8. The lowest BCUT2D eigenvalue weighted by Crippen LogP contribution is -2.19. The zero-order valence-electron chi connectivity index (χ0n) is 11.0. The molecule has 0 aliphatic heterocycles. The lowest BCUT2D eigenvalue weighted by molar-refractivity contribution is 0.309. The lowest BCUT2D eigenvalue weighted by atomic mass is 9.83. The van der Waals surface area contributed by atoms with E-state index in [1.807, 2.05) is 0 Å². The van der Waals surface area contributed by atoms with Crippen LogP contribution in [0.25, 0.3) is 10.2 Å². The van der Waals surface area contributed by atoms with Crippen molar-refractivity contribution in [2.75, 3.05) is 0 Å². The standard InChI is InChI=1S/C15H18N2OS/c18-14-13-10-6-1-2-7-11(10)19-15(13)17-12(16-14)8-9-4-3-5-9/h9H,1-8H2,(H,16,17,18). The van der Waals surface area contributed by atoms with Gasteiger partial charge in [0.1, 0.15) is 10.7 Å². The first-order chi connectivity index (χ1) is 9.31. The van der Waals surface area contributed by atoms with E-state index in [9.17, 15) is 4.79 Å². The highest BCUT2D eigenvalue weighted by atomic mass is 32.1. The molecule has 2 heterocycles. The van der Waals surface area contributed by atoms with Gasteiger partial charge in [0.15, 0.2) is 0 Å². The first kappa shape index (κ1) is 11.6. The van der Waals surface area contributed by atoms with Crippen LogP contribution in [0.5, 0.6) is 0 Å². The molecule has 0 atom stereocenters. The Hall–Kier alpha value is -1.16. The van der Waals surface area contributed by atoms with E-state index >= 15 is 0 Å². The second-order valence-electron chi connectivity index (χ2n) is 5.90. The highest BCUT2D eigenvalue weighted by Gasteiger charge is 2.22. The van der Waals surface area contributed by atoms with Crippen molar-refractivity contribution >= 4 is 21.6 Å². The van der Waals surface area contributed by atoms with Crippen molar-refractivity contribution in [2.24, 2.45) is 5.92 Å². The first-order valence-electron chi connectivity index (χ1n) is 7.34. The maximum atomic E-state index is 12.3. The number of H-pyrrole nitrogens is 1. The Bertz CT molecular complexity index is 681. The third-order valence-electron chi connectivity index (χ3n) is 4.58. The molecule has 2 aromatic rings. The SMILES string of the molecule is O=c1[nH]c(CC2CCC2)nc2sc3c(c12)CCCC3. The second kappa shape index (κ2) is 4.44. The molecule has 0 bridgehead atoms. The monoisotopic (exact) mass is 274 g/mol. The van der Waals surface area contributed by atoms with Crippen molar-refractivity contribution in [2.45, 2.75) is 51.4 Å². The van der Waals surface area contributed by atoms with Gasteiger partial charge in [-0.15, -0.1) is 11.3 Å². The van der Waals surface area contributed by atoms with E-state index in [2.05, 4.69) is 4.98 Å². The molecule has 2 aliphatic carbocycles. The van der Waals surface area contributed by atoms with Crippen LogP contribution in [0.1, 0.15) is 48.4 Å². The third-order valence-corrected chi connectivity index (χ3v) is 5.77. The Balaban J connectivity index is 1.80. The molecule has 1 saturated carbocycles. The fourth-order valence-corrected chi connectivity index (χ4v) is 4.56. The normalized spacial score (nSPS) is 19.4. The van der Waals surface area contributed by atoms with Crippen molar-refractivity contribution in [3.63, 3.8) is 0 Å². The molecule has 100 valence electrons. The third kappa shape index (κ3) is 1.93. The van der Waals surface area contributed by atoms with Gasteiger partial charge in [0, 0.05) is 11.3 Å². The fourth-order valence-electron chi connectivity index (χ4n) is 3.28. The quantitative estimate of drug-likeness (QED) is 0.914. The molecule has 2 aliphatic rings. The number of hydrogen-bond acceptors (Lipinski definition) is 3. The van der Waals surface area contributed by atoms with Crippen LogP contribution in [0, 0.1) is 5.92 Å². The molecule has 0 amide bonds. The number of rotatable bonds is 2. The van der Waals surface area contributed by atoms with E-state index in [-0.39, 0.29) is 5.56 Å². The largest absolute Gasteiger partial charge is 0.310 e. The van der Waals surface area contributed by atoms with Gasteiger partial charge in [-0.1, -0.05) is 19.3 Å². The summed E-state index contributed by atoms with van der Waals surface area (Å²) in [6, 6.07) is 0. The summed E-state index contributed by atoms with van der Waals surface area (Å²) in [4.78, 5) is 22.5. The Morgan fingerprint density at radius 1 is 1.21 bits per heavy atom. The summed E-state index contributed by atoms with van der Waals surface area (Å²) in [5.41, 5.74) is 1.38. The molecule has 19 heavy (non-hydrogen) atoms. The number of aryl methyl sites for hydroxylation is 2. The molecular weight excluding hydrogens is 256 g/mol. The molecular formula is C15H18N2OS. The summed E-state index contributed by atoms with van der Waals surface area (Å²) in [6.45, 7) is 0. The number of nitrogens with one attached hydrogen (secondary N) is 1. The molecule has 0 unspecified atom stereocenters. The molecule has 1 fully saturated rings. The predicted molar refractivity (Wildman–Crippen MR) is 77.9 cm³/mol. The highest BCUT2D eigenvalue weighted by molar-refractivity contribution is 7.18. The topological polar surface area (TPSA) is 45.8 Å². The molecule has 4 heteroatoms. The van der Waals surface area contributed by atoms with Crippen LogP contribution in [0.15, 0.2) is 4.79 Å². The van der Waals surface area contributed by atoms with Gasteiger partial charge in [0.05, 0.1) is 5.39 Å². The predicted octanol–water partition coefficient (Wildman–Crippen LogP) is 3.21. The minimum absolute atomic E-state index is 0.0960. The van der Waals surface area contributed by atoms with Crippen LogP contribution >= 0.6 is 11.3 Å². The minimum atomic E-state index is 0.0960. The summed E-state index contributed by atoms with van der Waals surface area (Å²) >= 11 is 1.75. The van der Waals surface area contributed by atoms with E-state index in [1.165, 1.54) is 42.5 Å². The molecule has 3 nitrogen and oxygen atoms in total. The number of aromatic nitrogens is 2.